The molecule has 0 bridgehead atoms. The lowest BCUT2D eigenvalue weighted by Crippen LogP contribution is -2.57. The highest BCUT2D eigenvalue weighted by Gasteiger charge is 2.45. The molecule has 1 aliphatic rings. The zero-order valence-corrected chi connectivity index (χ0v) is 7.11. The lowest BCUT2D eigenvalue weighted by molar-refractivity contribution is -0.0271. The largest absolute Gasteiger partial charge is 0.329 e. The van der Waals surface area contributed by atoms with E-state index in [0.29, 0.717) is 0 Å². The lowest BCUT2D eigenvalue weighted by atomic mass is 10.2. The molecule has 0 amide bonds. The monoisotopic (exact) mass is 196 g/mol. The van der Waals surface area contributed by atoms with Gasteiger partial charge in [0, 0.05) is 6.20 Å². The summed E-state index contributed by atoms with van der Waals surface area (Å²) in [7, 11) is 0. The molecule has 1 saturated heterocycles. The summed E-state index contributed by atoms with van der Waals surface area (Å²) in [6.45, 7) is -0.746. The second-order valence-corrected chi connectivity index (χ2v) is 3.07. The Bertz CT molecular complexity index is 391. The molecule has 1 aliphatic heterocycles. The Labute approximate surface area is 78.8 Å². The summed E-state index contributed by atoms with van der Waals surface area (Å²) in [4.78, 5) is 8.94. The molecular weight excluding hydrogens is 190 g/mol. The summed E-state index contributed by atoms with van der Waals surface area (Å²) < 4.78 is 25.0. The van der Waals surface area contributed by atoms with Crippen LogP contribution in [-0.4, -0.2) is 29.0 Å². The molecule has 1 aromatic heterocycles. The van der Waals surface area contributed by atoms with E-state index in [1.165, 1.54) is 17.2 Å². The van der Waals surface area contributed by atoms with Gasteiger partial charge in [0.25, 0.3) is 5.92 Å². The fraction of sp³-hybridized carbons (Fsp3) is 0.375. The first-order chi connectivity index (χ1) is 6.61. The maximum atomic E-state index is 12.5. The second-order valence-electron chi connectivity index (χ2n) is 3.07. The number of nitriles is 1. The third kappa shape index (κ3) is 1.48. The van der Waals surface area contributed by atoms with Crippen molar-refractivity contribution in [3.8, 4) is 6.07 Å². The van der Waals surface area contributed by atoms with Crippen LogP contribution in [0.5, 0.6) is 0 Å². The molecule has 0 aromatic carbocycles. The van der Waals surface area contributed by atoms with Gasteiger partial charge in [-0.2, -0.15) is 5.26 Å². The number of aromatic nitrogens is 2. The van der Waals surface area contributed by atoms with E-state index in [1.807, 2.05) is 6.07 Å². The summed E-state index contributed by atoms with van der Waals surface area (Å²) in [6.07, 6.45) is 1.39. The van der Waals surface area contributed by atoms with E-state index in [1.54, 1.807) is 0 Å². The molecule has 2 rings (SSSR count). The van der Waals surface area contributed by atoms with E-state index in [4.69, 9.17) is 5.26 Å². The van der Waals surface area contributed by atoms with E-state index >= 15 is 0 Å². The van der Waals surface area contributed by atoms with Crippen molar-refractivity contribution in [3.05, 3.63) is 18.0 Å². The number of alkyl halides is 2. The third-order valence-corrected chi connectivity index (χ3v) is 1.88. The highest BCUT2D eigenvalue weighted by Crippen LogP contribution is 2.29. The fourth-order valence-corrected chi connectivity index (χ4v) is 1.22. The average Bonchev–Trinajstić information content (AvgIpc) is 2.14. The van der Waals surface area contributed by atoms with Crippen LogP contribution in [0.4, 0.5) is 14.7 Å². The number of hydrogen-bond donors (Lipinski definition) is 0. The molecule has 6 heteroatoms. The molecule has 0 atom stereocenters. The van der Waals surface area contributed by atoms with Crippen molar-refractivity contribution in [2.24, 2.45) is 0 Å². The quantitative estimate of drug-likeness (QED) is 0.666. The lowest BCUT2D eigenvalue weighted by Gasteiger charge is -2.38. The highest BCUT2D eigenvalue weighted by molar-refractivity contribution is 5.38. The molecule has 14 heavy (non-hydrogen) atoms. The van der Waals surface area contributed by atoms with Crippen LogP contribution in [0.25, 0.3) is 0 Å². The van der Waals surface area contributed by atoms with Crippen LogP contribution in [-0.2, 0) is 0 Å². The van der Waals surface area contributed by atoms with Crippen molar-refractivity contribution >= 4 is 5.95 Å². The minimum Gasteiger partial charge on any atom is -0.329 e. The first-order valence-electron chi connectivity index (χ1n) is 3.97. The molecule has 0 saturated carbocycles. The Kier molecular flexibility index (Phi) is 1.81. The number of hydrogen-bond acceptors (Lipinski definition) is 4. The SMILES string of the molecule is N#Cc1ccnc(N2CC(F)(F)C2)n1. The maximum absolute atomic E-state index is 12.5. The Morgan fingerprint density at radius 1 is 1.50 bits per heavy atom. The van der Waals surface area contributed by atoms with Gasteiger partial charge in [-0.25, -0.2) is 18.7 Å². The molecule has 0 radical (unpaired) electrons. The van der Waals surface area contributed by atoms with E-state index in [0.717, 1.165) is 0 Å². The number of nitrogens with zero attached hydrogens (tertiary/aromatic N) is 4. The predicted octanol–water partition coefficient (Wildman–Crippen LogP) is 0.804. The molecule has 72 valence electrons. The van der Waals surface area contributed by atoms with Crippen molar-refractivity contribution in [1.82, 2.24) is 9.97 Å². The topological polar surface area (TPSA) is 52.8 Å². The van der Waals surface area contributed by atoms with Crippen molar-refractivity contribution in [2.75, 3.05) is 18.0 Å². The number of anilines is 1. The maximum Gasteiger partial charge on any atom is 0.282 e. The molecular formula is C8H6F2N4. The van der Waals surface area contributed by atoms with Crippen LogP contribution in [0.2, 0.25) is 0 Å². The third-order valence-electron chi connectivity index (χ3n) is 1.88. The minimum atomic E-state index is -2.65. The number of rotatable bonds is 1. The number of halogens is 2. The van der Waals surface area contributed by atoms with Gasteiger partial charge in [0.05, 0.1) is 13.1 Å². The van der Waals surface area contributed by atoms with E-state index < -0.39 is 5.92 Å². The molecule has 0 unspecified atom stereocenters. The van der Waals surface area contributed by atoms with Gasteiger partial charge in [0.1, 0.15) is 11.8 Å². The summed E-state index contributed by atoms with van der Waals surface area (Å²) in [5.74, 6) is -2.46. The van der Waals surface area contributed by atoms with Gasteiger partial charge >= 0.3 is 0 Å². The second kappa shape index (κ2) is 2.87. The Morgan fingerprint density at radius 2 is 2.21 bits per heavy atom. The Hall–Kier alpha value is -1.77. The average molecular weight is 196 g/mol. The van der Waals surface area contributed by atoms with Gasteiger partial charge < -0.3 is 4.90 Å². The fourth-order valence-electron chi connectivity index (χ4n) is 1.22. The Balaban J connectivity index is 2.16. The first-order valence-corrected chi connectivity index (χ1v) is 3.97. The van der Waals surface area contributed by atoms with Crippen molar-refractivity contribution in [2.45, 2.75) is 5.92 Å². The highest BCUT2D eigenvalue weighted by atomic mass is 19.3. The van der Waals surface area contributed by atoms with Crippen molar-refractivity contribution in [3.63, 3.8) is 0 Å². The summed E-state index contributed by atoms with van der Waals surface area (Å²) in [6, 6.07) is 3.26. The summed E-state index contributed by atoms with van der Waals surface area (Å²) in [5.41, 5.74) is 0.185. The molecule has 1 fully saturated rings. The molecule has 0 aliphatic carbocycles. The molecule has 2 heterocycles. The smallest absolute Gasteiger partial charge is 0.282 e. The van der Waals surface area contributed by atoms with Crippen molar-refractivity contribution < 1.29 is 8.78 Å². The summed E-state index contributed by atoms with van der Waals surface area (Å²) in [5, 5.41) is 8.53. The van der Waals surface area contributed by atoms with Gasteiger partial charge in [-0.05, 0) is 6.07 Å². The van der Waals surface area contributed by atoms with Gasteiger partial charge in [-0.3, -0.25) is 0 Å². The summed E-state index contributed by atoms with van der Waals surface area (Å²) >= 11 is 0. The molecule has 1 aromatic rings. The van der Waals surface area contributed by atoms with Crippen LogP contribution in [0.3, 0.4) is 0 Å². The van der Waals surface area contributed by atoms with Crippen LogP contribution in [0, 0.1) is 11.3 Å². The van der Waals surface area contributed by atoms with Crippen LogP contribution >= 0.6 is 0 Å². The van der Waals surface area contributed by atoms with Gasteiger partial charge in [-0.1, -0.05) is 0 Å². The zero-order valence-electron chi connectivity index (χ0n) is 7.11. The van der Waals surface area contributed by atoms with Gasteiger partial charge in [0.2, 0.25) is 5.95 Å². The molecule has 0 spiro atoms. The Morgan fingerprint density at radius 3 is 2.79 bits per heavy atom. The molecule has 0 N–H and O–H groups in total. The molecule has 4 nitrogen and oxygen atoms in total. The predicted molar refractivity (Wildman–Crippen MR) is 43.9 cm³/mol. The normalized spacial score (nSPS) is 18.5. The standard InChI is InChI=1S/C8H6F2N4/c9-8(10)4-14(5-8)7-12-2-1-6(3-11)13-7/h1-2H,4-5H2. The van der Waals surface area contributed by atoms with Crippen molar-refractivity contribution in [1.29, 1.82) is 5.26 Å². The van der Waals surface area contributed by atoms with Gasteiger partial charge in [0.15, 0.2) is 0 Å². The van der Waals surface area contributed by atoms with E-state index in [9.17, 15) is 8.78 Å². The van der Waals surface area contributed by atoms with Crippen LogP contribution in [0.1, 0.15) is 5.69 Å². The van der Waals surface area contributed by atoms with Crippen LogP contribution in [0.15, 0.2) is 12.3 Å². The zero-order chi connectivity index (χ0) is 10.2. The van der Waals surface area contributed by atoms with E-state index in [-0.39, 0.29) is 24.7 Å². The van der Waals surface area contributed by atoms with E-state index in [2.05, 4.69) is 9.97 Å². The van der Waals surface area contributed by atoms with Gasteiger partial charge in [-0.15, -0.1) is 0 Å². The minimum absolute atomic E-state index is 0.185. The van der Waals surface area contributed by atoms with Crippen LogP contribution < -0.4 is 4.90 Å². The first kappa shape index (κ1) is 8.81.